The van der Waals surface area contributed by atoms with Gasteiger partial charge in [-0.1, -0.05) is 6.07 Å². The van der Waals surface area contributed by atoms with Gasteiger partial charge in [-0.15, -0.1) is 0 Å². The highest BCUT2D eigenvalue weighted by atomic mass is 79.9. The van der Waals surface area contributed by atoms with Crippen LogP contribution in [0.25, 0.3) is 0 Å². The van der Waals surface area contributed by atoms with Gasteiger partial charge in [-0.25, -0.2) is 0 Å². The molecule has 1 aliphatic carbocycles. The highest BCUT2D eigenvalue weighted by Crippen LogP contribution is 2.41. The summed E-state index contributed by atoms with van der Waals surface area (Å²) < 4.78 is 1.03. The zero-order valence-electron chi connectivity index (χ0n) is 11.1. The first kappa shape index (κ1) is 13.4. The van der Waals surface area contributed by atoms with Crippen molar-refractivity contribution in [3.63, 3.8) is 0 Å². The molecule has 0 aromatic heterocycles. The number of nitrogens with zero attached hydrogens (tertiary/aromatic N) is 1. The van der Waals surface area contributed by atoms with Crippen molar-refractivity contribution in [1.82, 2.24) is 0 Å². The van der Waals surface area contributed by atoms with E-state index in [1.54, 1.807) is 6.92 Å². The summed E-state index contributed by atoms with van der Waals surface area (Å²) in [5, 5.41) is 19.6. The topological polar surface area (TPSA) is 43.7 Å². The second-order valence-corrected chi connectivity index (χ2v) is 6.71. The Bertz CT molecular complexity index is 477. The summed E-state index contributed by atoms with van der Waals surface area (Å²) in [4.78, 5) is 2.35. The van der Waals surface area contributed by atoms with Crippen LogP contribution in [0.3, 0.4) is 0 Å². The van der Waals surface area contributed by atoms with Gasteiger partial charge in [0.25, 0.3) is 0 Å². The summed E-state index contributed by atoms with van der Waals surface area (Å²) in [5.41, 5.74) is 2.10. The third-order valence-electron chi connectivity index (χ3n) is 4.61. The van der Waals surface area contributed by atoms with E-state index in [0.29, 0.717) is 11.8 Å². The lowest BCUT2D eigenvalue weighted by atomic mass is 10.00. The molecule has 1 aliphatic heterocycles. The predicted molar refractivity (Wildman–Crippen MR) is 79.2 cm³/mol. The van der Waals surface area contributed by atoms with E-state index in [4.69, 9.17) is 0 Å². The second-order valence-electron chi connectivity index (χ2n) is 5.86. The molecule has 0 radical (unpaired) electrons. The number of halogens is 1. The van der Waals surface area contributed by atoms with Crippen LogP contribution in [-0.2, 0) is 0 Å². The first-order valence-electron chi connectivity index (χ1n) is 6.97. The van der Waals surface area contributed by atoms with Crippen LogP contribution in [-0.4, -0.2) is 29.4 Å². The number of anilines is 1. The van der Waals surface area contributed by atoms with Crippen molar-refractivity contribution in [2.75, 3.05) is 18.0 Å². The highest BCUT2D eigenvalue weighted by Gasteiger charge is 2.42. The van der Waals surface area contributed by atoms with Gasteiger partial charge in [0.05, 0.1) is 17.9 Å². The summed E-state index contributed by atoms with van der Waals surface area (Å²) in [5.74, 6) is 1.07. The smallest absolute Gasteiger partial charge is 0.0762 e. The second kappa shape index (κ2) is 5.08. The van der Waals surface area contributed by atoms with Crippen molar-refractivity contribution in [1.29, 1.82) is 0 Å². The van der Waals surface area contributed by atoms with E-state index in [1.807, 2.05) is 12.1 Å². The molecule has 2 aliphatic rings. The van der Waals surface area contributed by atoms with E-state index in [9.17, 15) is 10.2 Å². The van der Waals surface area contributed by atoms with Gasteiger partial charge in [0.15, 0.2) is 0 Å². The van der Waals surface area contributed by atoms with Crippen LogP contribution in [0.2, 0.25) is 0 Å². The summed E-state index contributed by atoms with van der Waals surface area (Å²) in [7, 11) is 0. The molecule has 4 atom stereocenters. The van der Waals surface area contributed by atoms with E-state index in [2.05, 4.69) is 26.9 Å². The third-order valence-corrected chi connectivity index (χ3v) is 5.25. The lowest BCUT2D eigenvalue weighted by Gasteiger charge is -2.22. The van der Waals surface area contributed by atoms with Gasteiger partial charge >= 0.3 is 0 Å². The lowest BCUT2D eigenvalue weighted by molar-refractivity contribution is 0.133. The van der Waals surface area contributed by atoms with Gasteiger partial charge in [-0.2, -0.15) is 0 Å². The molecule has 0 amide bonds. The molecule has 1 aromatic rings. The SMILES string of the molecule is CC(O)c1ccc(N2CC3CCC(O)C3C2)c(Br)c1. The average Bonchev–Trinajstić information content (AvgIpc) is 2.92. The number of rotatable bonds is 2. The third kappa shape index (κ3) is 2.41. The zero-order chi connectivity index (χ0) is 13.6. The van der Waals surface area contributed by atoms with Crippen LogP contribution in [0.4, 0.5) is 5.69 Å². The van der Waals surface area contributed by atoms with E-state index >= 15 is 0 Å². The molecule has 2 fully saturated rings. The minimum atomic E-state index is -0.440. The fourth-order valence-electron chi connectivity index (χ4n) is 3.47. The summed E-state index contributed by atoms with van der Waals surface area (Å²) >= 11 is 3.61. The Labute approximate surface area is 122 Å². The van der Waals surface area contributed by atoms with Crippen LogP contribution >= 0.6 is 15.9 Å². The fourth-order valence-corrected chi connectivity index (χ4v) is 4.12. The molecular formula is C15H20BrNO2. The van der Waals surface area contributed by atoms with Gasteiger partial charge in [-0.3, -0.25) is 0 Å². The van der Waals surface area contributed by atoms with Gasteiger partial charge < -0.3 is 15.1 Å². The Kier molecular flexibility index (Phi) is 3.58. The average molecular weight is 326 g/mol. The maximum absolute atomic E-state index is 9.98. The number of hydrogen-bond donors (Lipinski definition) is 2. The predicted octanol–water partition coefficient (Wildman–Crippen LogP) is 2.71. The summed E-state index contributed by atoms with van der Waals surface area (Å²) in [6.45, 7) is 3.75. The fraction of sp³-hybridized carbons (Fsp3) is 0.600. The van der Waals surface area contributed by atoms with Gasteiger partial charge in [0, 0.05) is 23.5 Å². The summed E-state index contributed by atoms with van der Waals surface area (Å²) in [6.07, 6.45) is 1.55. The molecule has 4 unspecified atom stereocenters. The first-order chi connectivity index (χ1) is 9.06. The van der Waals surface area contributed by atoms with Crippen molar-refractivity contribution in [2.24, 2.45) is 11.8 Å². The molecule has 1 saturated heterocycles. The Morgan fingerprint density at radius 3 is 2.74 bits per heavy atom. The molecular weight excluding hydrogens is 306 g/mol. The number of aliphatic hydroxyl groups excluding tert-OH is 2. The molecule has 1 saturated carbocycles. The van der Waals surface area contributed by atoms with Crippen molar-refractivity contribution in [3.8, 4) is 0 Å². The van der Waals surface area contributed by atoms with Gasteiger partial charge in [-0.05, 0) is 59.3 Å². The maximum Gasteiger partial charge on any atom is 0.0762 e. The standard InChI is InChI=1S/C15H20BrNO2/c1-9(18)10-2-4-14(13(16)6-10)17-7-11-3-5-15(19)12(11)8-17/h2,4,6,9,11-12,15,18-19H,3,5,7-8H2,1H3. The van der Waals surface area contributed by atoms with Crippen LogP contribution < -0.4 is 4.90 Å². The monoisotopic (exact) mass is 325 g/mol. The molecule has 0 bridgehead atoms. The van der Waals surface area contributed by atoms with Crippen molar-refractivity contribution in [3.05, 3.63) is 28.2 Å². The van der Waals surface area contributed by atoms with E-state index in [0.717, 1.165) is 36.0 Å². The largest absolute Gasteiger partial charge is 0.393 e. The maximum atomic E-state index is 9.98. The van der Waals surface area contributed by atoms with Crippen molar-refractivity contribution < 1.29 is 10.2 Å². The first-order valence-corrected chi connectivity index (χ1v) is 7.76. The molecule has 104 valence electrons. The van der Waals surface area contributed by atoms with Crippen LogP contribution in [0, 0.1) is 11.8 Å². The number of benzene rings is 1. The molecule has 3 rings (SSSR count). The Hall–Kier alpha value is -0.580. The zero-order valence-corrected chi connectivity index (χ0v) is 12.7. The van der Waals surface area contributed by atoms with Gasteiger partial charge in [0.1, 0.15) is 0 Å². The minimum absolute atomic E-state index is 0.120. The van der Waals surface area contributed by atoms with Crippen molar-refractivity contribution >= 4 is 21.6 Å². The molecule has 3 nitrogen and oxygen atoms in total. The number of fused-ring (bicyclic) bond motifs is 1. The molecule has 4 heteroatoms. The number of aliphatic hydroxyl groups is 2. The lowest BCUT2D eigenvalue weighted by Crippen LogP contribution is -2.24. The van der Waals surface area contributed by atoms with Gasteiger partial charge in [0.2, 0.25) is 0 Å². The van der Waals surface area contributed by atoms with E-state index in [1.165, 1.54) is 5.69 Å². The molecule has 0 spiro atoms. The molecule has 2 N–H and O–H groups in total. The minimum Gasteiger partial charge on any atom is -0.393 e. The van der Waals surface area contributed by atoms with Crippen LogP contribution in [0.5, 0.6) is 0 Å². The van der Waals surface area contributed by atoms with Crippen LogP contribution in [0.15, 0.2) is 22.7 Å². The molecule has 1 aromatic carbocycles. The highest BCUT2D eigenvalue weighted by molar-refractivity contribution is 9.10. The van der Waals surface area contributed by atoms with Crippen molar-refractivity contribution in [2.45, 2.75) is 32.0 Å². The molecule has 1 heterocycles. The van der Waals surface area contributed by atoms with E-state index < -0.39 is 6.10 Å². The Morgan fingerprint density at radius 2 is 2.11 bits per heavy atom. The summed E-state index contributed by atoms with van der Waals surface area (Å²) in [6, 6.07) is 6.04. The molecule has 19 heavy (non-hydrogen) atoms. The van der Waals surface area contributed by atoms with Crippen LogP contribution in [0.1, 0.15) is 31.4 Å². The Morgan fingerprint density at radius 1 is 1.32 bits per heavy atom. The van der Waals surface area contributed by atoms with E-state index in [-0.39, 0.29) is 6.10 Å². The quantitative estimate of drug-likeness (QED) is 0.878. The normalized spacial score (nSPS) is 31.6. The number of hydrogen-bond acceptors (Lipinski definition) is 3. The Balaban J connectivity index is 1.80.